The van der Waals surface area contributed by atoms with Crippen LogP contribution in [0.2, 0.25) is 0 Å². The number of amides is 1. The predicted octanol–water partition coefficient (Wildman–Crippen LogP) is 2.61. The van der Waals surface area contributed by atoms with Crippen molar-refractivity contribution in [2.45, 2.75) is 26.5 Å². The molecule has 6 nitrogen and oxygen atoms in total. The normalized spacial score (nSPS) is 11.8. The molecule has 0 aliphatic carbocycles. The maximum atomic E-state index is 12.0. The lowest BCUT2D eigenvalue weighted by molar-refractivity contribution is -0.146. The average molecular weight is 367 g/mol. The van der Waals surface area contributed by atoms with Crippen molar-refractivity contribution in [3.63, 3.8) is 0 Å². The number of ether oxygens (including phenoxy) is 1. The Morgan fingerprint density at radius 1 is 1.36 bits per heavy atom. The first-order chi connectivity index (χ1) is 10.5. The number of rotatable bonds is 5. The van der Waals surface area contributed by atoms with Crippen LogP contribution in [-0.2, 0) is 16.1 Å². The highest BCUT2D eigenvalue weighted by Gasteiger charge is 2.18. The molecule has 22 heavy (non-hydrogen) atoms. The molecule has 0 saturated heterocycles. The van der Waals surface area contributed by atoms with Gasteiger partial charge in [0.1, 0.15) is 24.1 Å². The molecule has 0 aliphatic rings. The Morgan fingerprint density at radius 2 is 2.05 bits per heavy atom. The topological polar surface area (TPSA) is 81.4 Å². The zero-order valence-electron chi connectivity index (χ0n) is 12.1. The van der Waals surface area contributed by atoms with Crippen molar-refractivity contribution in [2.24, 2.45) is 0 Å². The highest BCUT2D eigenvalue weighted by molar-refractivity contribution is 9.10. The molecular formula is C15H15BrN2O4. The molecule has 1 atom stereocenters. The summed E-state index contributed by atoms with van der Waals surface area (Å²) in [5.74, 6) is -0.233. The summed E-state index contributed by atoms with van der Waals surface area (Å²) >= 11 is 3.29. The van der Waals surface area contributed by atoms with Gasteiger partial charge in [-0.15, -0.1) is 0 Å². The molecule has 1 amide bonds. The number of carbonyl (C=O) groups is 2. The van der Waals surface area contributed by atoms with E-state index in [9.17, 15) is 9.59 Å². The Balaban J connectivity index is 1.85. The van der Waals surface area contributed by atoms with Crippen LogP contribution in [-0.4, -0.2) is 23.1 Å². The molecule has 1 aromatic carbocycles. The number of nitrogens with one attached hydrogen (secondary N) is 1. The summed E-state index contributed by atoms with van der Waals surface area (Å²) in [5.41, 5.74) is 0.993. The van der Waals surface area contributed by atoms with Crippen molar-refractivity contribution in [3.05, 3.63) is 51.8 Å². The molecule has 0 radical (unpaired) electrons. The van der Waals surface area contributed by atoms with E-state index in [4.69, 9.17) is 9.26 Å². The van der Waals surface area contributed by atoms with E-state index in [0.717, 1.165) is 4.47 Å². The van der Waals surface area contributed by atoms with Gasteiger partial charge in [-0.3, -0.25) is 4.79 Å². The summed E-state index contributed by atoms with van der Waals surface area (Å²) in [5, 5.41) is 6.30. The second-order valence-corrected chi connectivity index (χ2v) is 5.65. The third-order valence-electron chi connectivity index (χ3n) is 2.85. The van der Waals surface area contributed by atoms with Gasteiger partial charge in [-0.2, -0.15) is 0 Å². The minimum atomic E-state index is -0.760. The molecule has 0 spiro atoms. The van der Waals surface area contributed by atoms with Gasteiger partial charge in [-0.05, 0) is 38.1 Å². The number of carbonyl (C=O) groups excluding carboxylic acids is 2. The SMILES string of the molecule is Cc1cc(COC(=O)[C@H](C)NC(=O)c2ccc(Br)cc2)no1. The van der Waals surface area contributed by atoms with Crippen LogP contribution in [0.15, 0.2) is 39.3 Å². The Kier molecular flexibility index (Phi) is 5.32. The second kappa shape index (κ2) is 7.22. The molecule has 2 aromatic rings. The Hall–Kier alpha value is -2.15. The van der Waals surface area contributed by atoms with Gasteiger partial charge >= 0.3 is 5.97 Å². The van der Waals surface area contributed by atoms with Crippen molar-refractivity contribution in [3.8, 4) is 0 Å². The molecule has 0 aliphatic heterocycles. The highest BCUT2D eigenvalue weighted by Crippen LogP contribution is 2.10. The van der Waals surface area contributed by atoms with Crippen LogP contribution in [0.1, 0.15) is 28.7 Å². The molecule has 0 fully saturated rings. The maximum Gasteiger partial charge on any atom is 0.328 e. The van der Waals surface area contributed by atoms with Gasteiger partial charge in [0.2, 0.25) is 0 Å². The van der Waals surface area contributed by atoms with E-state index in [1.165, 1.54) is 0 Å². The summed E-state index contributed by atoms with van der Waals surface area (Å²) in [6.07, 6.45) is 0. The zero-order chi connectivity index (χ0) is 16.1. The first-order valence-corrected chi connectivity index (χ1v) is 7.40. The summed E-state index contributed by atoms with van der Waals surface area (Å²) in [4.78, 5) is 23.8. The standard InChI is InChI=1S/C15H15BrN2O4/c1-9-7-13(18-22-9)8-21-15(20)10(2)17-14(19)11-3-5-12(16)6-4-11/h3-7,10H,8H2,1-2H3,(H,17,19)/t10-/m0/s1. The lowest BCUT2D eigenvalue weighted by atomic mass is 10.2. The number of esters is 1. The van der Waals surface area contributed by atoms with Gasteiger partial charge < -0.3 is 14.6 Å². The van der Waals surface area contributed by atoms with E-state index in [0.29, 0.717) is 17.0 Å². The summed E-state index contributed by atoms with van der Waals surface area (Å²) in [7, 11) is 0. The van der Waals surface area contributed by atoms with Crippen LogP contribution in [0.25, 0.3) is 0 Å². The highest BCUT2D eigenvalue weighted by atomic mass is 79.9. The quantitative estimate of drug-likeness (QED) is 0.822. The van der Waals surface area contributed by atoms with Crippen molar-refractivity contribution >= 4 is 27.8 Å². The molecule has 0 unspecified atom stereocenters. The van der Waals surface area contributed by atoms with Crippen LogP contribution in [0.3, 0.4) is 0 Å². The van der Waals surface area contributed by atoms with Gasteiger partial charge in [0.25, 0.3) is 5.91 Å². The van der Waals surface area contributed by atoms with Crippen molar-refractivity contribution < 1.29 is 18.8 Å². The third kappa shape index (κ3) is 4.42. The predicted molar refractivity (Wildman–Crippen MR) is 82.1 cm³/mol. The number of benzene rings is 1. The molecular weight excluding hydrogens is 352 g/mol. The number of aromatic nitrogens is 1. The zero-order valence-corrected chi connectivity index (χ0v) is 13.7. The van der Waals surface area contributed by atoms with Crippen LogP contribution < -0.4 is 5.32 Å². The van der Waals surface area contributed by atoms with Crippen LogP contribution in [0.4, 0.5) is 0 Å². The lowest BCUT2D eigenvalue weighted by Crippen LogP contribution is -2.39. The van der Waals surface area contributed by atoms with Gasteiger partial charge in [0.05, 0.1) is 0 Å². The second-order valence-electron chi connectivity index (χ2n) is 4.74. The van der Waals surface area contributed by atoms with E-state index < -0.39 is 12.0 Å². The molecule has 1 N–H and O–H groups in total. The van der Waals surface area contributed by atoms with E-state index in [1.807, 2.05) is 0 Å². The molecule has 1 heterocycles. The minimum Gasteiger partial charge on any atom is -0.458 e. The minimum absolute atomic E-state index is 0.00860. The summed E-state index contributed by atoms with van der Waals surface area (Å²) < 4.78 is 10.8. The van der Waals surface area contributed by atoms with Crippen molar-refractivity contribution in [2.75, 3.05) is 0 Å². The largest absolute Gasteiger partial charge is 0.458 e. The van der Waals surface area contributed by atoms with Crippen molar-refractivity contribution in [1.82, 2.24) is 10.5 Å². The fourth-order valence-electron chi connectivity index (χ4n) is 1.70. The Bertz CT molecular complexity index is 666. The van der Waals surface area contributed by atoms with Crippen LogP contribution >= 0.6 is 15.9 Å². The van der Waals surface area contributed by atoms with E-state index in [2.05, 4.69) is 26.4 Å². The molecule has 2 rings (SSSR count). The van der Waals surface area contributed by atoms with Gasteiger partial charge in [-0.25, -0.2) is 4.79 Å². The van der Waals surface area contributed by atoms with Crippen LogP contribution in [0.5, 0.6) is 0 Å². The Labute approximate surface area is 135 Å². The molecule has 1 aromatic heterocycles. The molecule has 0 saturated carbocycles. The third-order valence-corrected chi connectivity index (χ3v) is 3.38. The monoisotopic (exact) mass is 366 g/mol. The summed E-state index contributed by atoms with van der Waals surface area (Å²) in [6, 6.07) is 7.75. The van der Waals surface area contributed by atoms with Gasteiger partial charge in [-0.1, -0.05) is 21.1 Å². The number of halogens is 1. The van der Waals surface area contributed by atoms with E-state index in [1.54, 1.807) is 44.2 Å². The molecule has 0 bridgehead atoms. The molecule has 116 valence electrons. The number of hydrogen-bond acceptors (Lipinski definition) is 5. The van der Waals surface area contributed by atoms with Crippen molar-refractivity contribution in [1.29, 1.82) is 0 Å². The first-order valence-electron chi connectivity index (χ1n) is 6.61. The first kappa shape index (κ1) is 16.2. The fourth-order valence-corrected chi connectivity index (χ4v) is 1.96. The molecule has 7 heteroatoms. The lowest BCUT2D eigenvalue weighted by Gasteiger charge is -2.12. The van der Waals surface area contributed by atoms with Gasteiger partial charge in [0.15, 0.2) is 0 Å². The van der Waals surface area contributed by atoms with Gasteiger partial charge in [0, 0.05) is 16.1 Å². The van der Waals surface area contributed by atoms with E-state index >= 15 is 0 Å². The number of hydrogen-bond donors (Lipinski definition) is 1. The average Bonchev–Trinajstić information content (AvgIpc) is 2.91. The van der Waals surface area contributed by atoms with Crippen LogP contribution in [0, 0.1) is 6.92 Å². The van der Waals surface area contributed by atoms with E-state index in [-0.39, 0.29) is 12.5 Å². The number of nitrogens with zero attached hydrogens (tertiary/aromatic N) is 1. The summed E-state index contributed by atoms with van der Waals surface area (Å²) in [6.45, 7) is 3.32. The number of aryl methyl sites for hydroxylation is 1. The Morgan fingerprint density at radius 3 is 2.64 bits per heavy atom. The smallest absolute Gasteiger partial charge is 0.328 e. The fraction of sp³-hybridized carbons (Fsp3) is 0.267. The maximum absolute atomic E-state index is 12.0.